The molecule has 0 heterocycles. The molecular weight excluding hydrogens is 362 g/mol. The zero-order valence-electron chi connectivity index (χ0n) is 19.8. The maximum Gasteiger partial charge on any atom is 0.0241 e. The molecule has 0 N–H and O–H groups in total. The zero-order valence-corrected chi connectivity index (χ0v) is 19.8. The van der Waals surface area contributed by atoms with Gasteiger partial charge in [-0.15, -0.1) is 0 Å². The molecule has 0 saturated carbocycles. The molecular formula is C29H39N. The van der Waals surface area contributed by atoms with Crippen molar-refractivity contribution in [1.29, 1.82) is 0 Å². The Kier molecular flexibility index (Phi) is 6.60. The van der Waals surface area contributed by atoms with Crippen LogP contribution in [0.25, 0.3) is 6.08 Å². The Balaban J connectivity index is 2.36. The van der Waals surface area contributed by atoms with Crippen LogP contribution in [0.1, 0.15) is 58.1 Å². The molecule has 1 heteroatoms. The number of nitrogens with zero attached hydrogens (tertiary/aromatic N) is 1. The van der Waals surface area contributed by atoms with Crippen LogP contribution in [0.5, 0.6) is 0 Å². The molecule has 0 aliphatic heterocycles. The Hall–Kier alpha value is -2.28. The van der Waals surface area contributed by atoms with Crippen molar-refractivity contribution in [3.63, 3.8) is 0 Å². The van der Waals surface area contributed by atoms with Crippen molar-refractivity contribution in [2.45, 2.75) is 52.4 Å². The van der Waals surface area contributed by atoms with Crippen molar-refractivity contribution >= 4 is 6.08 Å². The largest absolute Gasteiger partial charge is 0.381 e. The summed E-state index contributed by atoms with van der Waals surface area (Å²) in [5.74, 6) is 1.38. The van der Waals surface area contributed by atoms with Gasteiger partial charge in [-0.25, -0.2) is 0 Å². The Morgan fingerprint density at radius 2 is 1.87 bits per heavy atom. The van der Waals surface area contributed by atoms with E-state index >= 15 is 0 Å². The standard InChI is InChI=1S/C29H39N/c1-9-24-12-10-11-13-27(24)29(19-20(2)3)23(6)14-15-26(30(7)8)18-25-17-21(4)16-22(5)28(25)29/h9-13,16-18,20,22,28H,1,6,14-15,19H2,2-5,7-8H3/b26-18+. The summed E-state index contributed by atoms with van der Waals surface area (Å²) >= 11 is 0. The van der Waals surface area contributed by atoms with Crippen LogP contribution in [-0.2, 0) is 5.41 Å². The molecule has 3 rings (SSSR count). The van der Waals surface area contributed by atoms with Gasteiger partial charge in [0.25, 0.3) is 0 Å². The van der Waals surface area contributed by atoms with E-state index in [1.807, 2.05) is 6.08 Å². The van der Waals surface area contributed by atoms with Crippen LogP contribution in [0.15, 0.2) is 78.1 Å². The third kappa shape index (κ3) is 4.00. The summed E-state index contributed by atoms with van der Waals surface area (Å²) in [4.78, 5) is 2.27. The number of allylic oxidation sites excluding steroid dienone is 7. The highest BCUT2D eigenvalue weighted by Crippen LogP contribution is 2.55. The topological polar surface area (TPSA) is 3.24 Å². The average Bonchev–Trinajstić information content (AvgIpc) is 2.67. The Morgan fingerprint density at radius 3 is 2.50 bits per heavy atom. The minimum atomic E-state index is -0.101. The van der Waals surface area contributed by atoms with Gasteiger partial charge in [-0.2, -0.15) is 0 Å². The molecule has 2 aliphatic rings. The lowest BCUT2D eigenvalue weighted by atomic mass is 9.53. The molecule has 0 radical (unpaired) electrons. The summed E-state index contributed by atoms with van der Waals surface area (Å²) in [6, 6.07) is 8.87. The van der Waals surface area contributed by atoms with Crippen molar-refractivity contribution in [1.82, 2.24) is 4.90 Å². The van der Waals surface area contributed by atoms with E-state index in [1.165, 1.54) is 33.5 Å². The molecule has 0 aromatic heterocycles. The van der Waals surface area contributed by atoms with Crippen molar-refractivity contribution in [2.75, 3.05) is 14.1 Å². The van der Waals surface area contributed by atoms with E-state index in [9.17, 15) is 0 Å². The second-order valence-electron chi connectivity index (χ2n) is 9.89. The SMILES string of the molecule is C=Cc1ccccc1C1(CC(C)C)C(=C)CC/C(N(C)C)=C\C2=CC(C)=CC(C)C21. The molecule has 3 atom stereocenters. The van der Waals surface area contributed by atoms with Crippen LogP contribution < -0.4 is 0 Å². The second-order valence-corrected chi connectivity index (χ2v) is 9.89. The van der Waals surface area contributed by atoms with E-state index in [2.05, 4.69) is 95.8 Å². The fourth-order valence-electron chi connectivity index (χ4n) is 5.88. The quantitative estimate of drug-likeness (QED) is 0.460. The number of hydrogen-bond acceptors (Lipinski definition) is 1. The first-order valence-corrected chi connectivity index (χ1v) is 11.4. The number of rotatable bonds is 5. The zero-order chi connectivity index (χ0) is 22.1. The Bertz CT molecular complexity index is 908. The van der Waals surface area contributed by atoms with Crippen molar-refractivity contribution in [3.05, 3.63) is 89.2 Å². The maximum atomic E-state index is 4.78. The first-order valence-electron chi connectivity index (χ1n) is 11.4. The minimum absolute atomic E-state index is 0.101. The highest BCUT2D eigenvalue weighted by molar-refractivity contribution is 5.59. The normalized spacial score (nSPS) is 28.5. The van der Waals surface area contributed by atoms with Crippen molar-refractivity contribution in [3.8, 4) is 0 Å². The lowest BCUT2D eigenvalue weighted by Gasteiger charge is -2.50. The van der Waals surface area contributed by atoms with E-state index in [-0.39, 0.29) is 5.41 Å². The smallest absolute Gasteiger partial charge is 0.0241 e. The van der Waals surface area contributed by atoms with Gasteiger partial charge in [0.05, 0.1) is 0 Å². The molecule has 2 aliphatic carbocycles. The summed E-state index contributed by atoms with van der Waals surface area (Å²) in [5, 5.41) is 0. The molecule has 160 valence electrons. The van der Waals surface area contributed by atoms with E-state index in [4.69, 9.17) is 6.58 Å². The van der Waals surface area contributed by atoms with E-state index in [1.54, 1.807) is 0 Å². The van der Waals surface area contributed by atoms with Gasteiger partial charge >= 0.3 is 0 Å². The first-order chi connectivity index (χ1) is 14.2. The molecule has 1 aromatic rings. The highest BCUT2D eigenvalue weighted by Gasteiger charge is 2.48. The van der Waals surface area contributed by atoms with Crippen molar-refractivity contribution in [2.24, 2.45) is 17.8 Å². The molecule has 3 unspecified atom stereocenters. The van der Waals surface area contributed by atoms with Gasteiger partial charge in [0.15, 0.2) is 0 Å². The highest BCUT2D eigenvalue weighted by atomic mass is 15.1. The fraction of sp³-hybridized carbons (Fsp3) is 0.448. The summed E-state index contributed by atoms with van der Waals surface area (Å²) in [5.41, 5.74) is 8.12. The van der Waals surface area contributed by atoms with Crippen molar-refractivity contribution < 1.29 is 0 Å². The van der Waals surface area contributed by atoms with Gasteiger partial charge in [0.1, 0.15) is 0 Å². The predicted octanol–water partition coefficient (Wildman–Crippen LogP) is 7.55. The minimum Gasteiger partial charge on any atom is -0.381 e. The maximum absolute atomic E-state index is 4.78. The van der Waals surface area contributed by atoms with Gasteiger partial charge in [-0.3, -0.25) is 0 Å². The molecule has 0 spiro atoms. The number of fused-ring (bicyclic) bond motifs is 1. The van der Waals surface area contributed by atoms with Gasteiger partial charge in [-0.1, -0.05) is 87.6 Å². The molecule has 0 bridgehead atoms. The second kappa shape index (κ2) is 8.84. The summed E-state index contributed by atoms with van der Waals surface area (Å²) in [6.07, 6.45) is 12.5. The third-order valence-corrected chi connectivity index (χ3v) is 6.95. The summed E-state index contributed by atoms with van der Waals surface area (Å²) in [6.45, 7) is 18.3. The van der Waals surface area contributed by atoms with Gasteiger partial charge < -0.3 is 4.90 Å². The Morgan fingerprint density at radius 1 is 1.17 bits per heavy atom. The first kappa shape index (κ1) is 22.4. The van der Waals surface area contributed by atoms with E-state index < -0.39 is 0 Å². The monoisotopic (exact) mass is 401 g/mol. The van der Waals surface area contributed by atoms with Crippen LogP contribution >= 0.6 is 0 Å². The van der Waals surface area contributed by atoms with Gasteiger partial charge in [0.2, 0.25) is 0 Å². The lowest BCUT2D eigenvalue weighted by molar-refractivity contribution is 0.245. The molecule has 0 saturated heterocycles. The number of benzene rings is 1. The fourth-order valence-corrected chi connectivity index (χ4v) is 5.88. The average molecular weight is 402 g/mol. The summed E-state index contributed by atoms with van der Waals surface area (Å²) in [7, 11) is 4.32. The van der Waals surface area contributed by atoms with Gasteiger partial charge in [0, 0.05) is 31.1 Å². The van der Waals surface area contributed by atoms with Crippen LogP contribution in [-0.4, -0.2) is 19.0 Å². The van der Waals surface area contributed by atoms with E-state index in [0.29, 0.717) is 17.8 Å². The van der Waals surface area contributed by atoms with Crippen LogP contribution in [0, 0.1) is 17.8 Å². The Labute approximate surface area is 184 Å². The summed E-state index contributed by atoms with van der Waals surface area (Å²) < 4.78 is 0. The molecule has 1 nitrogen and oxygen atoms in total. The lowest BCUT2D eigenvalue weighted by Crippen LogP contribution is -2.44. The molecule has 0 fully saturated rings. The molecule has 1 aromatic carbocycles. The van der Waals surface area contributed by atoms with Gasteiger partial charge in [-0.05, 0) is 60.8 Å². The molecule has 0 amide bonds. The van der Waals surface area contributed by atoms with Crippen LogP contribution in [0.3, 0.4) is 0 Å². The molecule has 30 heavy (non-hydrogen) atoms. The predicted molar refractivity (Wildman–Crippen MR) is 132 cm³/mol. The van der Waals surface area contributed by atoms with E-state index in [0.717, 1.165) is 19.3 Å². The van der Waals surface area contributed by atoms with Crippen LogP contribution in [0.2, 0.25) is 0 Å². The number of hydrogen-bond donors (Lipinski definition) is 0. The van der Waals surface area contributed by atoms with Crippen LogP contribution in [0.4, 0.5) is 0 Å². The third-order valence-electron chi connectivity index (χ3n) is 6.95.